The fraction of sp³-hybridized carbons (Fsp3) is 0.350. The number of nitrogens with two attached hydrogens (primary N) is 1. The van der Waals surface area contributed by atoms with Crippen molar-refractivity contribution in [2.24, 2.45) is 0 Å². The van der Waals surface area contributed by atoms with Gasteiger partial charge in [-0.25, -0.2) is 9.78 Å². The smallest absolute Gasteiger partial charge is 0.413 e. The molecule has 28 heavy (non-hydrogen) atoms. The Morgan fingerprint density at radius 3 is 3.00 bits per heavy atom. The van der Waals surface area contributed by atoms with Crippen molar-refractivity contribution < 1.29 is 9.53 Å². The molecular weight excluding hydrogens is 374 g/mol. The number of nitrogens with zero attached hydrogens (tertiary/aromatic N) is 2. The molecule has 1 amide bonds. The number of pyridine rings is 1. The number of nitrogens with one attached hydrogen (secondary N) is 2. The molecule has 0 bridgehead atoms. The predicted molar refractivity (Wildman–Crippen MR) is 113 cm³/mol. The van der Waals surface area contributed by atoms with E-state index in [0.29, 0.717) is 36.3 Å². The van der Waals surface area contributed by atoms with Gasteiger partial charge in [0.15, 0.2) is 5.13 Å². The van der Waals surface area contributed by atoms with Crippen LogP contribution in [0.4, 0.5) is 21.3 Å². The fourth-order valence-corrected chi connectivity index (χ4v) is 4.10. The molecule has 1 aliphatic carbocycles. The van der Waals surface area contributed by atoms with Crippen LogP contribution in [0.15, 0.2) is 36.7 Å². The number of anilines is 3. The third-order valence-corrected chi connectivity index (χ3v) is 5.95. The van der Waals surface area contributed by atoms with Gasteiger partial charge in [-0.15, -0.1) is 11.3 Å². The lowest BCUT2D eigenvalue weighted by molar-refractivity contribution is 0.161. The highest BCUT2D eigenvalue weighted by atomic mass is 32.1. The van der Waals surface area contributed by atoms with Crippen molar-refractivity contribution in [3.05, 3.63) is 41.5 Å². The van der Waals surface area contributed by atoms with E-state index in [-0.39, 0.29) is 0 Å². The molecule has 0 aliphatic heterocycles. The minimum absolute atomic E-state index is 0.324. The van der Waals surface area contributed by atoms with Gasteiger partial charge in [-0.1, -0.05) is 6.42 Å². The maximum Gasteiger partial charge on any atom is 0.413 e. The molecule has 0 unspecified atom stereocenters. The Morgan fingerprint density at radius 2 is 2.18 bits per heavy atom. The third-order valence-electron chi connectivity index (χ3n) is 4.88. The summed E-state index contributed by atoms with van der Waals surface area (Å²) >= 11 is 1.54. The van der Waals surface area contributed by atoms with Gasteiger partial charge < -0.3 is 15.8 Å². The molecular formula is C20H23N5O2S. The summed E-state index contributed by atoms with van der Waals surface area (Å²) in [6, 6.07) is 7.56. The van der Waals surface area contributed by atoms with Gasteiger partial charge in [-0.2, -0.15) is 0 Å². The van der Waals surface area contributed by atoms with Crippen molar-refractivity contribution in [2.45, 2.75) is 31.6 Å². The zero-order valence-electron chi connectivity index (χ0n) is 15.5. The van der Waals surface area contributed by atoms with Gasteiger partial charge >= 0.3 is 6.09 Å². The normalized spacial score (nSPS) is 13.9. The van der Waals surface area contributed by atoms with Crippen LogP contribution in [0.2, 0.25) is 0 Å². The number of rotatable bonds is 7. The quantitative estimate of drug-likeness (QED) is 0.398. The summed E-state index contributed by atoms with van der Waals surface area (Å²) in [4.78, 5) is 21.7. The predicted octanol–water partition coefficient (Wildman–Crippen LogP) is 4.59. The first-order valence-corrected chi connectivity index (χ1v) is 10.3. The number of thiazole rings is 1. The van der Waals surface area contributed by atoms with E-state index in [1.807, 2.05) is 30.5 Å². The van der Waals surface area contributed by atoms with Crippen LogP contribution in [0.1, 0.15) is 36.5 Å². The van der Waals surface area contributed by atoms with Crippen molar-refractivity contribution in [1.29, 1.82) is 0 Å². The van der Waals surface area contributed by atoms with Gasteiger partial charge in [-0.05, 0) is 49.4 Å². The third kappa shape index (κ3) is 4.33. The highest BCUT2D eigenvalue weighted by Crippen LogP contribution is 2.39. The Balaban J connectivity index is 1.20. The number of ether oxygens (including phenoxy) is 1. The zero-order valence-corrected chi connectivity index (χ0v) is 16.3. The van der Waals surface area contributed by atoms with Crippen molar-refractivity contribution in [3.63, 3.8) is 0 Å². The molecule has 4 N–H and O–H groups in total. The minimum atomic E-state index is -0.461. The summed E-state index contributed by atoms with van der Waals surface area (Å²) in [7, 11) is 0. The molecule has 146 valence electrons. The largest absolute Gasteiger partial charge is 0.449 e. The number of aromatic nitrogens is 2. The standard InChI is InChI=1S/C20H23N5O2S/c21-14-5-6-16-15(11-14)17(7-9-23-16)22-8-2-10-27-20(26)25-19-24-12-18(28-19)13-3-1-4-13/h5-7,9,11-13H,1-4,8,10,21H2,(H,22,23)(H,24,25,26). The SMILES string of the molecule is Nc1ccc2nccc(NCCCOC(=O)Nc3ncc(C4CCC4)s3)c2c1. The average Bonchev–Trinajstić information content (AvgIpc) is 3.07. The van der Waals surface area contributed by atoms with E-state index in [9.17, 15) is 4.79 Å². The topological polar surface area (TPSA) is 102 Å². The average molecular weight is 398 g/mol. The highest BCUT2D eigenvalue weighted by molar-refractivity contribution is 7.15. The number of fused-ring (bicyclic) bond motifs is 1. The van der Waals surface area contributed by atoms with Crippen LogP contribution in [0.3, 0.4) is 0 Å². The Labute approximate surface area is 167 Å². The molecule has 3 aromatic rings. The summed E-state index contributed by atoms with van der Waals surface area (Å²) in [6.07, 6.45) is 7.57. The lowest BCUT2D eigenvalue weighted by Crippen LogP contribution is -2.15. The van der Waals surface area contributed by atoms with Gasteiger partial charge in [-0.3, -0.25) is 10.3 Å². The maximum absolute atomic E-state index is 11.9. The van der Waals surface area contributed by atoms with Crippen molar-refractivity contribution in [1.82, 2.24) is 9.97 Å². The molecule has 1 aromatic carbocycles. The van der Waals surface area contributed by atoms with Crippen LogP contribution in [0.25, 0.3) is 10.9 Å². The number of benzene rings is 1. The summed E-state index contributed by atoms with van der Waals surface area (Å²) in [5, 5.41) is 7.64. The van der Waals surface area contributed by atoms with Gasteiger partial charge in [0.2, 0.25) is 0 Å². The van der Waals surface area contributed by atoms with Crippen LogP contribution < -0.4 is 16.4 Å². The molecule has 1 saturated carbocycles. The van der Waals surface area contributed by atoms with Gasteiger partial charge in [0.05, 0.1) is 12.1 Å². The Kier molecular flexibility index (Phi) is 5.57. The first-order valence-electron chi connectivity index (χ1n) is 9.46. The van der Waals surface area contributed by atoms with Crippen molar-refractivity contribution in [3.8, 4) is 0 Å². The number of carbonyl (C=O) groups excluding carboxylic acids is 1. The molecule has 2 heterocycles. The number of hydrogen-bond acceptors (Lipinski definition) is 7. The van der Waals surface area contributed by atoms with Gasteiger partial charge in [0.25, 0.3) is 0 Å². The van der Waals surface area contributed by atoms with Crippen LogP contribution in [0.5, 0.6) is 0 Å². The molecule has 0 atom stereocenters. The van der Waals surface area contributed by atoms with E-state index >= 15 is 0 Å². The van der Waals surface area contributed by atoms with Crippen molar-refractivity contribution >= 4 is 44.8 Å². The summed E-state index contributed by atoms with van der Waals surface area (Å²) in [5.41, 5.74) is 8.43. The second-order valence-electron chi connectivity index (χ2n) is 6.87. The van der Waals surface area contributed by atoms with Crippen LogP contribution in [-0.2, 0) is 4.74 Å². The molecule has 1 aliphatic rings. The van der Waals surface area contributed by atoms with E-state index in [0.717, 1.165) is 16.6 Å². The van der Waals surface area contributed by atoms with E-state index in [4.69, 9.17) is 10.5 Å². The zero-order chi connectivity index (χ0) is 19.3. The summed E-state index contributed by atoms with van der Waals surface area (Å²) in [5.74, 6) is 0.620. The molecule has 2 aromatic heterocycles. The number of nitrogen functional groups attached to an aromatic ring is 1. The summed E-state index contributed by atoms with van der Waals surface area (Å²) < 4.78 is 5.24. The fourth-order valence-electron chi connectivity index (χ4n) is 3.13. The van der Waals surface area contributed by atoms with E-state index < -0.39 is 6.09 Å². The first kappa shape index (κ1) is 18.5. The monoisotopic (exact) mass is 397 g/mol. The molecule has 0 radical (unpaired) electrons. The second kappa shape index (κ2) is 8.43. The molecule has 7 nitrogen and oxygen atoms in total. The number of hydrogen-bond donors (Lipinski definition) is 3. The molecule has 8 heteroatoms. The lowest BCUT2D eigenvalue weighted by atomic mass is 9.85. The van der Waals surface area contributed by atoms with E-state index in [1.165, 1.54) is 35.5 Å². The van der Waals surface area contributed by atoms with Gasteiger partial charge in [0, 0.05) is 40.6 Å². The Hall–Kier alpha value is -2.87. The minimum Gasteiger partial charge on any atom is -0.449 e. The highest BCUT2D eigenvalue weighted by Gasteiger charge is 2.22. The Morgan fingerprint density at radius 1 is 1.29 bits per heavy atom. The molecule has 0 saturated heterocycles. The number of amides is 1. The Bertz CT molecular complexity index is 970. The summed E-state index contributed by atoms with van der Waals surface area (Å²) in [6.45, 7) is 0.995. The van der Waals surface area contributed by atoms with Crippen LogP contribution in [-0.4, -0.2) is 29.2 Å². The van der Waals surface area contributed by atoms with Crippen LogP contribution in [0, 0.1) is 0 Å². The number of carbonyl (C=O) groups is 1. The van der Waals surface area contributed by atoms with E-state index in [1.54, 1.807) is 6.20 Å². The second-order valence-corrected chi connectivity index (χ2v) is 7.93. The molecule has 4 rings (SSSR count). The van der Waals surface area contributed by atoms with Crippen molar-refractivity contribution in [2.75, 3.05) is 29.5 Å². The maximum atomic E-state index is 11.9. The van der Waals surface area contributed by atoms with E-state index in [2.05, 4.69) is 20.6 Å². The molecule has 1 fully saturated rings. The van der Waals surface area contributed by atoms with Crippen LogP contribution >= 0.6 is 11.3 Å². The first-order chi connectivity index (χ1) is 13.7. The molecule has 0 spiro atoms. The lowest BCUT2D eigenvalue weighted by Gasteiger charge is -2.23. The van der Waals surface area contributed by atoms with Gasteiger partial charge in [0.1, 0.15) is 0 Å².